The van der Waals surface area contributed by atoms with Crippen LogP contribution < -0.4 is 0 Å². The SMILES string of the molecule is CC(O)CN1CC(C)(C)CC1=O. The Morgan fingerprint density at radius 3 is 2.58 bits per heavy atom. The van der Waals surface area contributed by atoms with E-state index in [0.29, 0.717) is 13.0 Å². The molecule has 1 N–H and O–H groups in total. The van der Waals surface area contributed by atoms with Gasteiger partial charge in [0.15, 0.2) is 0 Å². The summed E-state index contributed by atoms with van der Waals surface area (Å²) in [6.45, 7) is 7.11. The highest BCUT2D eigenvalue weighted by atomic mass is 16.3. The largest absolute Gasteiger partial charge is 0.392 e. The fourth-order valence-electron chi connectivity index (χ4n) is 1.67. The van der Waals surface area contributed by atoms with E-state index in [4.69, 9.17) is 5.11 Å². The first-order valence-corrected chi connectivity index (χ1v) is 4.36. The standard InChI is InChI=1S/C9H17NO2/c1-7(11)5-10-6-9(2,3)4-8(10)12/h7,11H,4-6H2,1-3H3. The van der Waals surface area contributed by atoms with Crippen LogP contribution in [0.25, 0.3) is 0 Å². The second-order valence-corrected chi connectivity index (χ2v) is 4.46. The number of aliphatic hydroxyl groups excluding tert-OH is 1. The summed E-state index contributed by atoms with van der Waals surface area (Å²) in [6, 6.07) is 0. The van der Waals surface area contributed by atoms with Crippen LogP contribution in [0.4, 0.5) is 0 Å². The molecule has 70 valence electrons. The number of aliphatic hydroxyl groups is 1. The van der Waals surface area contributed by atoms with Crippen molar-refractivity contribution in [3.8, 4) is 0 Å². The van der Waals surface area contributed by atoms with Crippen molar-refractivity contribution in [3.63, 3.8) is 0 Å². The highest BCUT2D eigenvalue weighted by molar-refractivity contribution is 5.79. The maximum atomic E-state index is 11.3. The number of hydrogen-bond acceptors (Lipinski definition) is 2. The first-order chi connectivity index (χ1) is 5.41. The molecule has 0 aromatic rings. The quantitative estimate of drug-likeness (QED) is 0.662. The van der Waals surface area contributed by atoms with E-state index >= 15 is 0 Å². The van der Waals surface area contributed by atoms with Gasteiger partial charge >= 0.3 is 0 Å². The number of hydrogen-bond donors (Lipinski definition) is 1. The first kappa shape index (κ1) is 9.52. The van der Waals surface area contributed by atoms with Crippen LogP contribution in [0.1, 0.15) is 27.2 Å². The third-order valence-electron chi connectivity index (χ3n) is 2.09. The number of β-amino-alcohol motifs (C(OH)–C–C–N with tert-alkyl or cyclic N) is 1. The molecule has 1 rings (SSSR count). The monoisotopic (exact) mass is 171 g/mol. The summed E-state index contributed by atoms with van der Waals surface area (Å²) in [6.07, 6.45) is 0.197. The summed E-state index contributed by atoms with van der Waals surface area (Å²) in [5.74, 6) is 0.168. The molecule has 3 heteroatoms. The van der Waals surface area contributed by atoms with Gasteiger partial charge in [-0.3, -0.25) is 4.79 Å². The minimum Gasteiger partial charge on any atom is -0.392 e. The van der Waals surface area contributed by atoms with Gasteiger partial charge in [-0.25, -0.2) is 0 Å². The normalized spacial score (nSPS) is 24.7. The molecule has 1 unspecified atom stereocenters. The van der Waals surface area contributed by atoms with E-state index in [2.05, 4.69) is 13.8 Å². The summed E-state index contributed by atoms with van der Waals surface area (Å²) >= 11 is 0. The molecule has 1 amide bonds. The molecule has 0 spiro atoms. The van der Waals surface area contributed by atoms with Crippen molar-refractivity contribution < 1.29 is 9.90 Å². The number of nitrogens with zero attached hydrogens (tertiary/aromatic N) is 1. The van der Waals surface area contributed by atoms with Crippen LogP contribution in [0.2, 0.25) is 0 Å². The Kier molecular flexibility index (Phi) is 2.42. The topological polar surface area (TPSA) is 40.5 Å². The summed E-state index contributed by atoms with van der Waals surface area (Å²) in [5, 5.41) is 9.11. The van der Waals surface area contributed by atoms with Crippen LogP contribution >= 0.6 is 0 Å². The molecule has 0 bridgehead atoms. The Morgan fingerprint density at radius 1 is 1.67 bits per heavy atom. The summed E-state index contributed by atoms with van der Waals surface area (Å²) < 4.78 is 0. The summed E-state index contributed by atoms with van der Waals surface area (Å²) in [5.41, 5.74) is 0.0893. The van der Waals surface area contributed by atoms with Gasteiger partial charge in [0.2, 0.25) is 5.91 Å². The zero-order valence-electron chi connectivity index (χ0n) is 8.00. The van der Waals surface area contributed by atoms with Crippen molar-refractivity contribution in [3.05, 3.63) is 0 Å². The van der Waals surface area contributed by atoms with Crippen molar-refractivity contribution in [2.75, 3.05) is 13.1 Å². The molecule has 12 heavy (non-hydrogen) atoms. The molecule has 1 saturated heterocycles. The van der Waals surface area contributed by atoms with Crippen molar-refractivity contribution in [1.82, 2.24) is 4.90 Å². The zero-order chi connectivity index (χ0) is 9.35. The predicted octanol–water partition coefficient (Wildman–Crippen LogP) is 0.626. The second kappa shape index (κ2) is 3.05. The molecule has 1 atom stereocenters. The van der Waals surface area contributed by atoms with Gasteiger partial charge in [0, 0.05) is 19.5 Å². The third-order valence-corrected chi connectivity index (χ3v) is 2.09. The van der Waals surface area contributed by atoms with E-state index in [1.54, 1.807) is 11.8 Å². The lowest BCUT2D eigenvalue weighted by molar-refractivity contribution is -0.128. The van der Waals surface area contributed by atoms with Crippen LogP contribution in [0, 0.1) is 5.41 Å². The van der Waals surface area contributed by atoms with Gasteiger partial charge in [-0.15, -0.1) is 0 Å². The van der Waals surface area contributed by atoms with Gasteiger partial charge < -0.3 is 10.0 Å². The zero-order valence-corrected chi connectivity index (χ0v) is 8.00. The summed E-state index contributed by atoms with van der Waals surface area (Å²) in [7, 11) is 0. The lowest BCUT2D eigenvalue weighted by atomic mass is 9.93. The fourth-order valence-corrected chi connectivity index (χ4v) is 1.67. The number of carbonyl (C=O) groups excluding carboxylic acids is 1. The Morgan fingerprint density at radius 2 is 2.25 bits per heavy atom. The van der Waals surface area contributed by atoms with Crippen molar-refractivity contribution in [2.24, 2.45) is 5.41 Å². The van der Waals surface area contributed by atoms with E-state index in [1.165, 1.54) is 0 Å². The van der Waals surface area contributed by atoms with E-state index in [9.17, 15) is 4.79 Å². The van der Waals surface area contributed by atoms with Crippen LogP contribution in [-0.2, 0) is 4.79 Å². The van der Waals surface area contributed by atoms with E-state index < -0.39 is 6.10 Å². The van der Waals surface area contributed by atoms with Crippen molar-refractivity contribution in [2.45, 2.75) is 33.3 Å². The highest BCUT2D eigenvalue weighted by Gasteiger charge is 2.35. The number of likely N-dealkylation sites (tertiary alicyclic amines) is 1. The maximum absolute atomic E-state index is 11.3. The van der Waals surface area contributed by atoms with Gasteiger partial charge in [0.05, 0.1) is 6.10 Å². The number of carbonyl (C=O) groups is 1. The Bertz CT molecular complexity index is 187. The fraction of sp³-hybridized carbons (Fsp3) is 0.889. The van der Waals surface area contributed by atoms with Gasteiger partial charge in [0.1, 0.15) is 0 Å². The average Bonchev–Trinajstić information content (AvgIpc) is 2.03. The molecule has 0 aromatic carbocycles. The Labute approximate surface area is 73.4 Å². The molecular formula is C9H17NO2. The molecule has 3 nitrogen and oxygen atoms in total. The second-order valence-electron chi connectivity index (χ2n) is 4.46. The number of amides is 1. The molecule has 0 aliphatic carbocycles. The number of rotatable bonds is 2. The molecule has 0 radical (unpaired) electrons. The van der Waals surface area contributed by atoms with Gasteiger partial charge in [-0.05, 0) is 12.3 Å². The van der Waals surface area contributed by atoms with Gasteiger partial charge in [0.25, 0.3) is 0 Å². The van der Waals surface area contributed by atoms with E-state index in [-0.39, 0.29) is 11.3 Å². The lowest BCUT2D eigenvalue weighted by Gasteiger charge is -2.20. The molecule has 1 aliphatic heterocycles. The van der Waals surface area contributed by atoms with E-state index in [0.717, 1.165) is 6.54 Å². The molecule has 0 saturated carbocycles. The predicted molar refractivity (Wildman–Crippen MR) is 46.7 cm³/mol. The van der Waals surface area contributed by atoms with Crippen LogP contribution in [0.3, 0.4) is 0 Å². The van der Waals surface area contributed by atoms with Crippen LogP contribution in [-0.4, -0.2) is 35.1 Å². The maximum Gasteiger partial charge on any atom is 0.223 e. The first-order valence-electron chi connectivity index (χ1n) is 4.36. The average molecular weight is 171 g/mol. The van der Waals surface area contributed by atoms with Gasteiger partial charge in [-0.2, -0.15) is 0 Å². The minimum absolute atomic E-state index is 0.0893. The van der Waals surface area contributed by atoms with Crippen LogP contribution in [0.15, 0.2) is 0 Å². The Hall–Kier alpha value is -0.570. The molecule has 0 aromatic heterocycles. The molecular weight excluding hydrogens is 154 g/mol. The molecule has 1 heterocycles. The molecule has 1 aliphatic rings. The van der Waals surface area contributed by atoms with Crippen molar-refractivity contribution in [1.29, 1.82) is 0 Å². The highest BCUT2D eigenvalue weighted by Crippen LogP contribution is 2.29. The lowest BCUT2D eigenvalue weighted by Crippen LogP contribution is -2.33. The molecule has 1 fully saturated rings. The van der Waals surface area contributed by atoms with Crippen LogP contribution in [0.5, 0.6) is 0 Å². The third kappa shape index (κ3) is 2.21. The smallest absolute Gasteiger partial charge is 0.223 e. The summed E-state index contributed by atoms with van der Waals surface area (Å²) in [4.78, 5) is 13.1. The minimum atomic E-state index is -0.414. The van der Waals surface area contributed by atoms with E-state index in [1.807, 2.05) is 0 Å². The Balaban J connectivity index is 2.53. The van der Waals surface area contributed by atoms with Crippen molar-refractivity contribution >= 4 is 5.91 Å². The van der Waals surface area contributed by atoms with Gasteiger partial charge in [-0.1, -0.05) is 13.8 Å².